The normalized spacial score (nSPS) is 30.9. The Bertz CT molecular complexity index is 915. The van der Waals surface area contributed by atoms with E-state index in [1.54, 1.807) is 0 Å². The summed E-state index contributed by atoms with van der Waals surface area (Å²) in [6, 6.07) is 4.92. The van der Waals surface area contributed by atoms with E-state index in [4.69, 9.17) is 0 Å². The van der Waals surface area contributed by atoms with Crippen LogP contribution in [-0.4, -0.2) is 30.8 Å². The first-order chi connectivity index (χ1) is 13.5. The van der Waals surface area contributed by atoms with Crippen molar-refractivity contribution in [1.29, 1.82) is 0 Å². The summed E-state index contributed by atoms with van der Waals surface area (Å²) in [5.41, 5.74) is -1.69. The van der Waals surface area contributed by atoms with Crippen molar-refractivity contribution in [1.82, 2.24) is 10.0 Å². The Morgan fingerprint density at radius 1 is 1.10 bits per heavy atom. The summed E-state index contributed by atoms with van der Waals surface area (Å²) in [5.74, 6) is 2.18. The maximum atomic E-state index is 13.0. The number of nitrogens with one attached hydrogen (secondary N) is 2. The van der Waals surface area contributed by atoms with Crippen LogP contribution >= 0.6 is 0 Å². The highest BCUT2D eigenvalue weighted by molar-refractivity contribution is 7.89. The third kappa shape index (κ3) is 3.90. The average molecular weight is 422 g/mol. The lowest BCUT2D eigenvalue weighted by molar-refractivity contribution is -0.385. The maximum absolute atomic E-state index is 13.0. The first-order valence-electron chi connectivity index (χ1n) is 10.1. The molecule has 29 heavy (non-hydrogen) atoms. The number of nitro benzene ring substituents is 1. The van der Waals surface area contributed by atoms with Crippen LogP contribution in [0.5, 0.6) is 0 Å². The summed E-state index contributed by atoms with van der Waals surface area (Å²) in [6.45, 7) is 3.04. The van der Waals surface area contributed by atoms with Crippen molar-refractivity contribution < 1.29 is 18.1 Å². The minimum Gasteiger partial charge on any atom is -0.351 e. The van der Waals surface area contributed by atoms with Gasteiger partial charge < -0.3 is 5.32 Å². The van der Waals surface area contributed by atoms with Crippen molar-refractivity contribution in [2.24, 2.45) is 23.7 Å². The number of non-ortho nitro benzene ring substituents is 1. The highest BCUT2D eigenvalue weighted by Crippen LogP contribution is 2.53. The number of hydrogen-bond donors (Lipinski definition) is 2. The quantitative estimate of drug-likeness (QED) is 0.541. The number of benzene rings is 1. The summed E-state index contributed by atoms with van der Waals surface area (Å²) in [6.07, 6.45) is 5.92. The smallest absolute Gasteiger partial charge is 0.270 e. The van der Waals surface area contributed by atoms with Crippen LogP contribution < -0.4 is 10.0 Å². The van der Waals surface area contributed by atoms with Crippen molar-refractivity contribution in [2.75, 3.05) is 0 Å². The van der Waals surface area contributed by atoms with Crippen LogP contribution in [0, 0.1) is 33.8 Å². The lowest BCUT2D eigenvalue weighted by Crippen LogP contribution is -2.62. The maximum Gasteiger partial charge on any atom is 0.270 e. The van der Waals surface area contributed by atoms with Gasteiger partial charge in [-0.05, 0) is 75.7 Å². The molecule has 1 aromatic rings. The lowest BCUT2D eigenvalue weighted by Gasteiger charge is -2.54. The van der Waals surface area contributed by atoms with Crippen LogP contribution in [0.15, 0.2) is 29.2 Å². The summed E-state index contributed by atoms with van der Waals surface area (Å²) < 4.78 is 27.9. The molecule has 0 spiro atoms. The van der Waals surface area contributed by atoms with E-state index in [0.29, 0.717) is 11.8 Å². The highest BCUT2D eigenvalue weighted by Gasteiger charge is 2.49. The fourth-order valence-electron chi connectivity index (χ4n) is 5.70. The second kappa shape index (κ2) is 7.05. The van der Waals surface area contributed by atoms with Crippen molar-refractivity contribution in [2.45, 2.75) is 62.4 Å². The van der Waals surface area contributed by atoms with Gasteiger partial charge in [0.2, 0.25) is 15.9 Å². The molecule has 0 aromatic heterocycles. The van der Waals surface area contributed by atoms with E-state index in [-0.39, 0.29) is 22.5 Å². The topological polar surface area (TPSA) is 118 Å². The minimum atomic E-state index is -4.10. The summed E-state index contributed by atoms with van der Waals surface area (Å²) in [7, 11) is -4.10. The summed E-state index contributed by atoms with van der Waals surface area (Å²) in [4.78, 5) is 23.1. The van der Waals surface area contributed by atoms with Gasteiger partial charge in [-0.3, -0.25) is 14.9 Å². The van der Waals surface area contributed by atoms with E-state index in [0.717, 1.165) is 43.6 Å². The standard InChI is InChI=1S/C20H27N3O5S/c1-20(2,22-29(27,28)17-5-3-4-16(11-17)23(25)26)19(24)21-18-14-7-12-6-13(9-14)10-15(18)8-12/h3-5,11-15,18,22H,6-10H2,1-2H3,(H,21,24). The molecule has 1 amide bonds. The molecular weight excluding hydrogens is 394 g/mol. The second-order valence-corrected chi connectivity index (χ2v) is 11.1. The number of nitrogens with zero attached hydrogens (tertiary/aromatic N) is 1. The number of amides is 1. The Balaban J connectivity index is 1.47. The van der Waals surface area contributed by atoms with Gasteiger partial charge in [0.15, 0.2) is 0 Å². The van der Waals surface area contributed by atoms with Gasteiger partial charge in [0.1, 0.15) is 5.54 Å². The molecule has 0 saturated heterocycles. The van der Waals surface area contributed by atoms with Crippen molar-refractivity contribution >= 4 is 21.6 Å². The number of carbonyl (C=O) groups is 1. The predicted molar refractivity (Wildman–Crippen MR) is 106 cm³/mol. The fraction of sp³-hybridized carbons (Fsp3) is 0.650. The minimum absolute atomic E-state index is 0.108. The Morgan fingerprint density at radius 2 is 1.69 bits per heavy atom. The highest BCUT2D eigenvalue weighted by atomic mass is 32.2. The SMILES string of the molecule is CC(C)(NS(=O)(=O)c1cccc([N+](=O)[O-])c1)C(=O)NC1C2CC3CC(C2)CC1C3. The van der Waals surface area contributed by atoms with Crippen LogP contribution in [0.3, 0.4) is 0 Å². The van der Waals surface area contributed by atoms with E-state index < -0.39 is 20.5 Å². The molecule has 8 nitrogen and oxygen atoms in total. The molecule has 0 aliphatic heterocycles. The van der Waals surface area contributed by atoms with Gasteiger partial charge in [0.05, 0.1) is 9.82 Å². The molecule has 0 heterocycles. The number of hydrogen-bond acceptors (Lipinski definition) is 5. The molecule has 4 bridgehead atoms. The van der Waals surface area contributed by atoms with Crippen molar-refractivity contribution in [3.63, 3.8) is 0 Å². The van der Waals surface area contributed by atoms with Crippen molar-refractivity contribution in [3.05, 3.63) is 34.4 Å². The molecule has 4 fully saturated rings. The molecule has 4 aliphatic carbocycles. The van der Waals surface area contributed by atoms with Gasteiger partial charge in [0, 0.05) is 18.2 Å². The monoisotopic (exact) mass is 421 g/mol. The molecule has 1 aromatic carbocycles. The Kier molecular flexibility index (Phi) is 4.93. The molecule has 9 heteroatoms. The van der Waals surface area contributed by atoms with Gasteiger partial charge in [-0.25, -0.2) is 8.42 Å². The molecule has 0 radical (unpaired) electrons. The van der Waals surface area contributed by atoms with Crippen LogP contribution in [0.2, 0.25) is 0 Å². The van der Waals surface area contributed by atoms with E-state index in [2.05, 4.69) is 10.0 Å². The van der Waals surface area contributed by atoms with Crippen LogP contribution in [-0.2, 0) is 14.8 Å². The zero-order chi connectivity index (χ0) is 21.0. The first kappa shape index (κ1) is 20.3. The number of rotatable bonds is 6. The number of nitro groups is 1. The third-order valence-electron chi connectivity index (χ3n) is 6.82. The van der Waals surface area contributed by atoms with Gasteiger partial charge in [0.25, 0.3) is 5.69 Å². The first-order valence-corrected chi connectivity index (χ1v) is 11.6. The van der Waals surface area contributed by atoms with Gasteiger partial charge in [-0.2, -0.15) is 4.72 Å². The summed E-state index contributed by atoms with van der Waals surface area (Å²) in [5, 5.41) is 14.1. The average Bonchev–Trinajstić information content (AvgIpc) is 2.63. The van der Waals surface area contributed by atoms with Gasteiger partial charge in [-0.15, -0.1) is 0 Å². The predicted octanol–water partition coefficient (Wildman–Crippen LogP) is 2.59. The lowest BCUT2D eigenvalue weighted by atomic mass is 9.54. The van der Waals surface area contributed by atoms with Crippen LogP contribution in [0.25, 0.3) is 0 Å². The molecule has 0 unspecified atom stereocenters. The Hall–Kier alpha value is -2.00. The zero-order valence-corrected chi connectivity index (χ0v) is 17.4. The molecule has 4 aliphatic rings. The van der Waals surface area contributed by atoms with E-state index >= 15 is 0 Å². The third-order valence-corrected chi connectivity index (χ3v) is 8.47. The second-order valence-electron chi connectivity index (χ2n) is 9.41. The van der Waals surface area contributed by atoms with E-state index in [9.17, 15) is 23.3 Å². The molecule has 5 rings (SSSR count). The van der Waals surface area contributed by atoms with Gasteiger partial charge >= 0.3 is 0 Å². The fourth-order valence-corrected chi connectivity index (χ4v) is 7.11. The summed E-state index contributed by atoms with van der Waals surface area (Å²) >= 11 is 0. The zero-order valence-electron chi connectivity index (χ0n) is 16.6. The number of carbonyl (C=O) groups excluding carboxylic acids is 1. The van der Waals surface area contributed by atoms with Crippen LogP contribution in [0.1, 0.15) is 46.0 Å². The molecular formula is C20H27N3O5S. The molecule has 4 saturated carbocycles. The molecule has 2 N–H and O–H groups in total. The Morgan fingerprint density at radius 3 is 2.24 bits per heavy atom. The van der Waals surface area contributed by atoms with E-state index in [1.807, 2.05) is 0 Å². The Labute approximate surface area is 170 Å². The molecule has 158 valence electrons. The van der Waals surface area contributed by atoms with Crippen LogP contribution in [0.4, 0.5) is 5.69 Å². The largest absolute Gasteiger partial charge is 0.351 e. The van der Waals surface area contributed by atoms with Gasteiger partial charge in [-0.1, -0.05) is 6.07 Å². The van der Waals surface area contributed by atoms with E-state index in [1.165, 1.54) is 38.5 Å². The van der Waals surface area contributed by atoms with Crippen molar-refractivity contribution in [3.8, 4) is 0 Å². The molecule has 0 atom stereocenters. The number of sulfonamides is 1.